The summed E-state index contributed by atoms with van der Waals surface area (Å²) in [4.78, 5) is 8.94. The number of hydrogen-bond acceptors (Lipinski definition) is 3. The van der Waals surface area contributed by atoms with Gasteiger partial charge in [-0.05, 0) is 26.0 Å². The fourth-order valence-corrected chi connectivity index (χ4v) is 1.34. The summed E-state index contributed by atoms with van der Waals surface area (Å²) in [7, 11) is 0. The van der Waals surface area contributed by atoms with E-state index in [1.54, 1.807) is 0 Å². The van der Waals surface area contributed by atoms with Crippen LogP contribution in [0.3, 0.4) is 0 Å². The number of aromatic nitrogens is 2. The third-order valence-electron chi connectivity index (χ3n) is 2.38. The van der Waals surface area contributed by atoms with Crippen LogP contribution in [0, 0.1) is 6.92 Å². The molecule has 1 heterocycles. The highest BCUT2D eigenvalue weighted by atomic mass is 14.9. The van der Waals surface area contributed by atoms with Gasteiger partial charge in [0.05, 0.1) is 0 Å². The maximum atomic E-state index is 5.51. The minimum Gasteiger partial charge on any atom is -0.330 e. The summed E-state index contributed by atoms with van der Waals surface area (Å²) >= 11 is 0. The Morgan fingerprint density at radius 3 is 2.71 bits per heavy atom. The van der Waals surface area contributed by atoms with E-state index in [4.69, 9.17) is 5.73 Å². The van der Waals surface area contributed by atoms with Gasteiger partial charge in [-0.2, -0.15) is 0 Å². The Labute approximate surface area is 85.8 Å². The third-order valence-corrected chi connectivity index (χ3v) is 2.38. The molecule has 78 valence electrons. The van der Waals surface area contributed by atoms with Crippen LogP contribution in [0.2, 0.25) is 0 Å². The molecule has 0 saturated carbocycles. The van der Waals surface area contributed by atoms with Crippen LogP contribution >= 0.6 is 0 Å². The van der Waals surface area contributed by atoms with Crippen LogP contribution in [0.4, 0.5) is 0 Å². The summed E-state index contributed by atoms with van der Waals surface area (Å²) in [6.07, 6.45) is 1.91. The molecular formula is C11H19N3. The molecule has 3 heteroatoms. The third kappa shape index (κ3) is 2.77. The number of aryl methyl sites for hydroxylation is 1. The van der Waals surface area contributed by atoms with Gasteiger partial charge in [-0.1, -0.05) is 13.8 Å². The lowest BCUT2D eigenvalue weighted by molar-refractivity contribution is 0.665. The second-order valence-corrected chi connectivity index (χ2v) is 3.71. The van der Waals surface area contributed by atoms with Gasteiger partial charge in [0.2, 0.25) is 0 Å². The largest absolute Gasteiger partial charge is 0.330 e. The Morgan fingerprint density at radius 2 is 2.14 bits per heavy atom. The number of nitrogens with two attached hydrogens (primary N) is 1. The zero-order valence-electron chi connectivity index (χ0n) is 9.25. The first-order valence-electron chi connectivity index (χ1n) is 5.21. The molecule has 0 aromatic carbocycles. The van der Waals surface area contributed by atoms with E-state index in [1.807, 2.05) is 13.0 Å². The number of rotatable bonds is 4. The SMILES string of the molecule is CCC(C)c1nc(C)cc(CCN)n1. The molecule has 1 aromatic rings. The lowest BCUT2D eigenvalue weighted by Crippen LogP contribution is -2.09. The summed E-state index contributed by atoms with van der Waals surface area (Å²) < 4.78 is 0. The first-order chi connectivity index (χ1) is 6.67. The fraction of sp³-hybridized carbons (Fsp3) is 0.636. The highest BCUT2D eigenvalue weighted by molar-refractivity contribution is 5.12. The molecule has 0 radical (unpaired) electrons. The van der Waals surface area contributed by atoms with Gasteiger partial charge in [-0.3, -0.25) is 0 Å². The Hall–Kier alpha value is -0.960. The maximum Gasteiger partial charge on any atom is 0.131 e. The molecule has 1 unspecified atom stereocenters. The van der Waals surface area contributed by atoms with E-state index in [0.29, 0.717) is 12.5 Å². The molecule has 0 spiro atoms. The molecule has 1 aromatic heterocycles. The normalized spacial score (nSPS) is 12.9. The van der Waals surface area contributed by atoms with Crippen molar-refractivity contribution in [2.24, 2.45) is 5.73 Å². The van der Waals surface area contributed by atoms with Crippen molar-refractivity contribution in [2.75, 3.05) is 6.54 Å². The zero-order valence-corrected chi connectivity index (χ0v) is 9.25. The molecule has 0 fully saturated rings. The quantitative estimate of drug-likeness (QED) is 0.793. The van der Waals surface area contributed by atoms with E-state index in [2.05, 4.69) is 23.8 Å². The zero-order chi connectivity index (χ0) is 10.6. The van der Waals surface area contributed by atoms with E-state index >= 15 is 0 Å². The van der Waals surface area contributed by atoms with E-state index < -0.39 is 0 Å². The van der Waals surface area contributed by atoms with Crippen LogP contribution in [0.1, 0.15) is 43.4 Å². The summed E-state index contributed by atoms with van der Waals surface area (Å²) in [5, 5.41) is 0. The van der Waals surface area contributed by atoms with Crippen LogP contribution in [0.5, 0.6) is 0 Å². The minimum absolute atomic E-state index is 0.437. The monoisotopic (exact) mass is 193 g/mol. The van der Waals surface area contributed by atoms with Crippen LogP contribution in [-0.2, 0) is 6.42 Å². The van der Waals surface area contributed by atoms with Crippen LogP contribution in [-0.4, -0.2) is 16.5 Å². The van der Waals surface area contributed by atoms with E-state index in [1.165, 1.54) is 0 Å². The Balaban J connectivity index is 2.94. The predicted molar refractivity (Wildman–Crippen MR) is 58.2 cm³/mol. The number of hydrogen-bond donors (Lipinski definition) is 1. The second kappa shape index (κ2) is 5.05. The van der Waals surface area contributed by atoms with Crippen molar-refractivity contribution in [3.8, 4) is 0 Å². The van der Waals surface area contributed by atoms with Gasteiger partial charge in [-0.25, -0.2) is 9.97 Å². The van der Waals surface area contributed by atoms with Crippen molar-refractivity contribution in [1.29, 1.82) is 0 Å². The maximum absolute atomic E-state index is 5.51. The van der Waals surface area contributed by atoms with Crippen LogP contribution in [0.25, 0.3) is 0 Å². The van der Waals surface area contributed by atoms with E-state index in [9.17, 15) is 0 Å². The Kier molecular flexibility index (Phi) is 4.01. The lowest BCUT2D eigenvalue weighted by Gasteiger charge is -2.09. The van der Waals surface area contributed by atoms with E-state index in [-0.39, 0.29) is 0 Å². The van der Waals surface area contributed by atoms with Crippen molar-refractivity contribution >= 4 is 0 Å². The van der Waals surface area contributed by atoms with Gasteiger partial charge in [0, 0.05) is 23.7 Å². The average Bonchev–Trinajstić information content (AvgIpc) is 2.16. The van der Waals surface area contributed by atoms with Gasteiger partial charge in [-0.15, -0.1) is 0 Å². The van der Waals surface area contributed by atoms with E-state index in [0.717, 1.165) is 30.1 Å². The molecule has 0 aliphatic rings. The summed E-state index contributed by atoms with van der Waals surface area (Å²) in [6.45, 7) is 6.96. The molecule has 0 aliphatic heterocycles. The average molecular weight is 193 g/mol. The summed E-state index contributed by atoms with van der Waals surface area (Å²) in [5.41, 5.74) is 7.61. The topological polar surface area (TPSA) is 51.8 Å². The molecule has 2 N–H and O–H groups in total. The van der Waals surface area contributed by atoms with Gasteiger partial charge >= 0.3 is 0 Å². The minimum atomic E-state index is 0.437. The highest BCUT2D eigenvalue weighted by Crippen LogP contribution is 2.15. The molecule has 0 amide bonds. The molecule has 0 saturated heterocycles. The van der Waals surface area contributed by atoms with Gasteiger partial charge in [0.25, 0.3) is 0 Å². The van der Waals surface area contributed by atoms with Crippen molar-refractivity contribution < 1.29 is 0 Å². The summed E-state index contributed by atoms with van der Waals surface area (Å²) in [6, 6.07) is 2.01. The molecule has 1 rings (SSSR count). The van der Waals surface area contributed by atoms with Crippen molar-refractivity contribution in [1.82, 2.24) is 9.97 Å². The molecule has 0 bridgehead atoms. The Morgan fingerprint density at radius 1 is 1.43 bits per heavy atom. The molecule has 3 nitrogen and oxygen atoms in total. The first-order valence-corrected chi connectivity index (χ1v) is 5.21. The smallest absolute Gasteiger partial charge is 0.131 e. The van der Waals surface area contributed by atoms with Gasteiger partial charge in [0.1, 0.15) is 5.82 Å². The second-order valence-electron chi connectivity index (χ2n) is 3.71. The lowest BCUT2D eigenvalue weighted by atomic mass is 10.1. The van der Waals surface area contributed by atoms with Crippen molar-refractivity contribution in [2.45, 2.75) is 39.5 Å². The van der Waals surface area contributed by atoms with Gasteiger partial charge < -0.3 is 5.73 Å². The fourth-order valence-electron chi connectivity index (χ4n) is 1.34. The molecule has 1 atom stereocenters. The van der Waals surface area contributed by atoms with Gasteiger partial charge in [0.15, 0.2) is 0 Å². The standard InChI is InChI=1S/C11H19N3/c1-4-8(2)11-13-9(3)7-10(14-11)5-6-12/h7-8H,4-6,12H2,1-3H3. The first kappa shape index (κ1) is 11.1. The highest BCUT2D eigenvalue weighted by Gasteiger charge is 2.08. The molecule has 0 aliphatic carbocycles. The van der Waals surface area contributed by atoms with Crippen LogP contribution in [0.15, 0.2) is 6.07 Å². The molecule has 14 heavy (non-hydrogen) atoms. The number of nitrogens with zero attached hydrogens (tertiary/aromatic N) is 2. The Bertz CT molecular complexity index is 297. The summed E-state index contributed by atoms with van der Waals surface area (Å²) in [5.74, 6) is 1.39. The molecular weight excluding hydrogens is 174 g/mol. The van der Waals surface area contributed by atoms with Crippen LogP contribution < -0.4 is 5.73 Å². The van der Waals surface area contributed by atoms with Crippen molar-refractivity contribution in [3.05, 3.63) is 23.3 Å². The predicted octanol–water partition coefficient (Wildman–Crippen LogP) is 1.80. The van der Waals surface area contributed by atoms with Crippen molar-refractivity contribution in [3.63, 3.8) is 0 Å².